The van der Waals surface area contributed by atoms with Crippen molar-refractivity contribution in [2.75, 3.05) is 5.88 Å². The van der Waals surface area contributed by atoms with Crippen molar-refractivity contribution in [2.24, 2.45) is 0 Å². The van der Waals surface area contributed by atoms with Crippen LogP contribution in [0.25, 0.3) is 0 Å². The highest BCUT2D eigenvalue weighted by molar-refractivity contribution is 14.1. The third-order valence-electron chi connectivity index (χ3n) is 0.752. The molecule has 0 spiro atoms. The second-order valence-electron chi connectivity index (χ2n) is 1.30. The third-order valence-corrected chi connectivity index (χ3v) is 2.06. The molecule has 52 valence electrons. The van der Waals surface area contributed by atoms with Gasteiger partial charge in [0.1, 0.15) is 0 Å². The number of halogens is 1. The van der Waals surface area contributed by atoms with E-state index in [1.807, 2.05) is 0 Å². The quantitative estimate of drug-likeness (QED) is 0.694. The lowest BCUT2D eigenvalue weighted by Crippen LogP contribution is -2.18. The Morgan fingerprint density at radius 2 is 2.78 bits per heavy atom. The molecule has 1 aliphatic rings. The predicted octanol–water partition coefficient (Wildman–Crippen LogP) is 0.431. The lowest BCUT2D eigenvalue weighted by molar-refractivity contribution is -0.140. The summed E-state index contributed by atoms with van der Waals surface area (Å²) < 4.78 is 4.38. The molecule has 0 unspecified atom stereocenters. The van der Waals surface area contributed by atoms with Crippen molar-refractivity contribution in [2.45, 2.75) is 5.44 Å². The molecular weight excluding hydrogens is 257 g/mol. The Kier molecular flexibility index (Phi) is 3.02. The van der Waals surface area contributed by atoms with E-state index in [1.165, 1.54) is 34.8 Å². The molecule has 1 rings (SSSR count). The molecule has 0 aliphatic carbocycles. The van der Waals surface area contributed by atoms with Crippen LogP contribution in [-0.4, -0.2) is 17.3 Å². The Hall–Kier alpha value is 0.470. The van der Waals surface area contributed by atoms with Crippen LogP contribution < -0.4 is 5.48 Å². The van der Waals surface area contributed by atoms with Gasteiger partial charge in [-0.25, -0.2) is 4.79 Å². The molecule has 1 aliphatic heterocycles. The summed E-state index contributed by atoms with van der Waals surface area (Å²) in [4.78, 5) is 15.3. The van der Waals surface area contributed by atoms with Gasteiger partial charge in [0.25, 0.3) is 0 Å². The average Bonchev–Trinajstić information content (AvgIpc) is 2.37. The van der Waals surface area contributed by atoms with Gasteiger partial charge in [-0.15, -0.1) is 0 Å². The molecule has 1 heterocycles. The van der Waals surface area contributed by atoms with E-state index in [1.54, 1.807) is 0 Å². The summed E-state index contributed by atoms with van der Waals surface area (Å²) in [7, 11) is 0. The van der Waals surface area contributed by atoms with E-state index in [-0.39, 0.29) is 5.97 Å². The summed E-state index contributed by atoms with van der Waals surface area (Å²) in [5.74, 6) is 0.279. The Morgan fingerprint density at radius 3 is 3.22 bits per heavy atom. The van der Waals surface area contributed by atoms with Crippen LogP contribution in [0.15, 0.2) is 0 Å². The zero-order valence-corrected chi connectivity index (χ0v) is 7.27. The fraction of sp³-hybridized carbons (Fsp3) is 0.667. The fourth-order valence-corrected chi connectivity index (χ4v) is 1.42. The van der Waals surface area contributed by atoms with E-state index >= 15 is 0 Å². The maximum atomic E-state index is 10.6. The lowest BCUT2D eigenvalue weighted by Gasteiger charge is -2.00. The molecule has 1 fully saturated rings. The van der Waals surface area contributed by atoms with Crippen LogP contribution in [0.5, 0.6) is 0 Å². The van der Waals surface area contributed by atoms with Crippen molar-refractivity contribution in [3.05, 3.63) is 0 Å². The summed E-state index contributed by atoms with van der Waals surface area (Å²) in [5.41, 5.74) is 2.06. The van der Waals surface area contributed by atoms with Gasteiger partial charge >= 0.3 is 5.97 Å². The topological polar surface area (TPSA) is 47.6 Å². The SMILES string of the molecule is O=C(OI)[C@@H]1ONCS1. The Balaban J connectivity index is 2.32. The number of hydrogen-bond acceptors (Lipinski definition) is 5. The average molecular weight is 261 g/mol. The van der Waals surface area contributed by atoms with Crippen molar-refractivity contribution in [3.63, 3.8) is 0 Å². The molecule has 0 radical (unpaired) electrons. The van der Waals surface area contributed by atoms with Crippen LogP contribution in [0.1, 0.15) is 0 Å². The van der Waals surface area contributed by atoms with Gasteiger partial charge in [0.2, 0.25) is 5.44 Å². The minimum atomic E-state index is -0.484. The molecule has 1 saturated heterocycles. The van der Waals surface area contributed by atoms with Gasteiger partial charge in [0.05, 0.1) is 5.88 Å². The molecule has 4 nitrogen and oxygen atoms in total. The normalized spacial score (nSPS) is 26.1. The highest BCUT2D eigenvalue weighted by Crippen LogP contribution is 2.17. The minimum absolute atomic E-state index is 0.356. The Morgan fingerprint density at radius 1 is 2.00 bits per heavy atom. The second kappa shape index (κ2) is 3.59. The second-order valence-corrected chi connectivity index (χ2v) is 2.79. The minimum Gasteiger partial charge on any atom is -0.392 e. The van der Waals surface area contributed by atoms with E-state index in [0.717, 1.165) is 0 Å². The van der Waals surface area contributed by atoms with E-state index < -0.39 is 5.44 Å². The molecule has 0 saturated carbocycles. The third kappa shape index (κ3) is 1.95. The molecule has 6 heteroatoms. The first-order valence-electron chi connectivity index (χ1n) is 2.17. The molecule has 0 aromatic carbocycles. The van der Waals surface area contributed by atoms with Crippen LogP contribution >= 0.6 is 34.8 Å². The van der Waals surface area contributed by atoms with E-state index in [2.05, 4.69) is 8.55 Å². The standard InChI is InChI=1S/C3H4INO3S/c4-7-2(6)3-8-5-1-9-3/h3,5H,1H2/t3-/m1/s1. The zero-order chi connectivity index (χ0) is 6.69. The van der Waals surface area contributed by atoms with Crippen LogP contribution in [0.2, 0.25) is 0 Å². The molecule has 1 atom stereocenters. The van der Waals surface area contributed by atoms with Crippen molar-refractivity contribution < 1.29 is 12.7 Å². The number of rotatable bonds is 1. The van der Waals surface area contributed by atoms with Crippen molar-refractivity contribution in [1.29, 1.82) is 0 Å². The molecular formula is C3H4INO3S. The van der Waals surface area contributed by atoms with E-state index in [9.17, 15) is 4.79 Å². The molecule has 0 amide bonds. The predicted molar refractivity (Wildman–Crippen MR) is 40.6 cm³/mol. The smallest absolute Gasteiger partial charge is 0.357 e. The van der Waals surface area contributed by atoms with Crippen molar-refractivity contribution in [1.82, 2.24) is 5.48 Å². The summed E-state index contributed by atoms with van der Waals surface area (Å²) in [6.45, 7) is 0. The highest BCUT2D eigenvalue weighted by Gasteiger charge is 2.25. The molecule has 0 aromatic heterocycles. The van der Waals surface area contributed by atoms with Gasteiger partial charge in [-0.1, -0.05) is 11.8 Å². The summed E-state index contributed by atoms with van der Waals surface area (Å²) in [6.07, 6.45) is 0. The maximum absolute atomic E-state index is 10.6. The Labute approximate surface area is 70.3 Å². The van der Waals surface area contributed by atoms with Crippen LogP contribution in [-0.2, 0) is 12.7 Å². The number of carbonyl (C=O) groups excluding carboxylic acids is 1. The number of thioether (sulfide) groups is 1. The molecule has 9 heavy (non-hydrogen) atoms. The van der Waals surface area contributed by atoms with Gasteiger partial charge in [-0.3, -0.25) is 4.84 Å². The first-order valence-corrected chi connectivity index (χ1v) is 4.10. The van der Waals surface area contributed by atoms with Crippen LogP contribution in [0.3, 0.4) is 0 Å². The zero-order valence-electron chi connectivity index (χ0n) is 4.30. The molecule has 0 bridgehead atoms. The van der Waals surface area contributed by atoms with Gasteiger partial charge in [0, 0.05) is 0 Å². The van der Waals surface area contributed by atoms with Gasteiger partial charge in [-0.05, 0) is 0 Å². The van der Waals surface area contributed by atoms with E-state index in [0.29, 0.717) is 5.88 Å². The summed E-state index contributed by atoms with van der Waals surface area (Å²) >= 11 is 2.89. The summed E-state index contributed by atoms with van der Waals surface area (Å²) in [6, 6.07) is 0. The van der Waals surface area contributed by atoms with Crippen molar-refractivity contribution >= 4 is 40.7 Å². The number of carbonyl (C=O) groups is 1. The molecule has 1 N–H and O–H groups in total. The lowest BCUT2D eigenvalue weighted by atomic mass is 10.7. The number of nitrogens with one attached hydrogen (secondary N) is 1. The van der Waals surface area contributed by atoms with Crippen molar-refractivity contribution in [3.8, 4) is 0 Å². The van der Waals surface area contributed by atoms with Gasteiger partial charge in [0.15, 0.2) is 23.0 Å². The Bertz CT molecular complexity index is 116. The first kappa shape index (κ1) is 7.58. The summed E-state index contributed by atoms with van der Waals surface area (Å²) in [5, 5.41) is 0. The first-order chi connectivity index (χ1) is 4.34. The number of hydrogen-bond donors (Lipinski definition) is 1. The van der Waals surface area contributed by atoms with E-state index in [4.69, 9.17) is 4.84 Å². The highest BCUT2D eigenvalue weighted by atomic mass is 127. The maximum Gasteiger partial charge on any atom is 0.357 e. The van der Waals surface area contributed by atoms with Crippen LogP contribution in [0, 0.1) is 0 Å². The monoisotopic (exact) mass is 261 g/mol. The largest absolute Gasteiger partial charge is 0.392 e. The van der Waals surface area contributed by atoms with Gasteiger partial charge < -0.3 is 3.07 Å². The number of hydroxylamine groups is 1. The molecule has 0 aromatic rings. The fourth-order valence-electron chi connectivity index (χ4n) is 0.406. The van der Waals surface area contributed by atoms with Gasteiger partial charge in [-0.2, -0.15) is 5.48 Å². The van der Waals surface area contributed by atoms with Crippen LogP contribution in [0.4, 0.5) is 0 Å².